The number of likely N-dealkylation sites (N-methyl/N-ethyl adjacent to an activating group) is 1. The normalized spacial score (nSPS) is 17.0. The number of piperazine rings is 1. The molecule has 28 heavy (non-hydrogen) atoms. The Labute approximate surface area is 161 Å². The number of aliphatic carboxylic acids is 2. The molecule has 1 atom stereocenters. The zero-order valence-corrected chi connectivity index (χ0v) is 15.4. The van der Waals surface area contributed by atoms with Crippen molar-refractivity contribution < 1.29 is 24.6 Å². The Balaban J connectivity index is 1.83. The molecule has 1 amide bonds. The highest BCUT2D eigenvalue weighted by atomic mass is 16.4. The predicted octanol–water partition coefficient (Wildman–Crippen LogP) is 1.12. The van der Waals surface area contributed by atoms with Crippen LogP contribution < -0.4 is 5.32 Å². The zero-order chi connectivity index (χ0) is 20.3. The number of anilines is 1. The van der Waals surface area contributed by atoms with Crippen LogP contribution in [-0.2, 0) is 14.4 Å². The molecular weight excluding hydrogens is 364 g/mol. The molecule has 9 nitrogen and oxygen atoms in total. The summed E-state index contributed by atoms with van der Waals surface area (Å²) < 4.78 is 0. The number of amides is 1. The van der Waals surface area contributed by atoms with Crippen LogP contribution in [0.1, 0.15) is 11.6 Å². The number of H-pyrrole nitrogens is 1. The Morgan fingerprint density at radius 3 is 2.50 bits per heavy atom. The fraction of sp³-hybridized carbons (Fsp3) is 0.316. The smallest absolute Gasteiger partial charge is 0.328 e. The standard InChI is InChI=1S/C19H22N4O5/c1-22-6-8-23(9-7-22)18(19(27)28)14-11-20-15-10-12(2-3-13(14)15)21-16(24)4-5-17(25)26/h2-5,10-11,18,20H,6-9H2,1H3,(H,21,24)(H,25,26)(H,27,28)/b5-4+/t18-/m1/s1. The van der Waals surface area contributed by atoms with Crippen molar-refractivity contribution in [2.24, 2.45) is 0 Å². The molecule has 2 aromatic rings. The number of carboxylic acids is 2. The monoisotopic (exact) mass is 386 g/mol. The minimum absolute atomic E-state index is 0.479. The largest absolute Gasteiger partial charge is 0.480 e. The van der Waals surface area contributed by atoms with Crippen molar-refractivity contribution in [1.29, 1.82) is 0 Å². The average molecular weight is 386 g/mol. The summed E-state index contributed by atoms with van der Waals surface area (Å²) in [7, 11) is 2.01. The van der Waals surface area contributed by atoms with Crippen LogP contribution in [0, 0.1) is 0 Å². The highest BCUT2D eigenvalue weighted by Crippen LogP contribution is 2.31. The molecule has 9 heteroatoms. The van der Waals surface area contributed by atoms with E-state index in [9.17, 15) is 19.5 Å². The van der Waals surface area contributed by atoms with E-state index < -0.39 is 23.9 Å². The first-order valence-electron chi connectivity index (χ1n) is 8.83. The van der Waals surface area contributed by atoms with Gasteiger partial charge in [0, 0.05) is 66.7 Å². The van der Waals surface area contributed by atoms with Crippen LogP contribution in [0.3, 0.4) is 0 Å². The summed E-state index contributed by atoms with van der Waals surface area (Å²) in [5.74, 6) is -2.67. The van der Waals surface area contributed by atoms with Crippen molar-refractivity contribution >= 4 is 34.4 Å². The number of nitrogens with zero attached hydrogens (tertiary/aromatic N) is 2. The molecule has 1 aliphatic rings. The third-order valence-electron chi connectivity index (χ3n) is 4.79. The van der Waals surface area contributed by atoms with E-state index in [4.69, 9.17) is 5.11 Å². The van der Waals surface area contributed by atoms with Gasteiger partial charge in [-0.2, -0.15) is 0 Å². The van der Waals surface area contributed by atoms with Gasteiger partial charge in [0.25, 0.3) is 0 Å². The maximum absolute atomic E-state index is 12.0. The van der Waals surface area contributed by atoms with Crippen LogP contribution in [0.2, 0.25) is 0 Å². The first-order valence-corrected chi connectivity index (χ1v) is 8.83. The Morgan fingerprint density at radius 2 is 1.86 bits per heavy atom. The van der Waals surface area contributed by atoms with Gasteiger partial charge >= 0.3 is 11.9 Å². The fourth-order valence-electron chi connectivity index (χ4n) is 3.35. The Bertz CT molecular complexity index is 928. The Morgan fingerprint density at radius 1 is 1.14 bits per heavy atom. The molecule has 1 fully saturated rings. The van der Waals surface area contributed by atoms with Crippen molar-refractivity contribution in [1.82, 2.24) is 14.8 Å². The molecule has 0 radical (unpaired) electrons. The number of hydrogen-bond acceptors (Lipinski definition) is 5. The molecule has 4 N–H and O–H groups in total. The summed E-state index contributed by atoms with van der Waals surface area (Å²) in [6.45, 7) is 2.97. The summed E-state index contributed by atoms with van der Waals surface area (Å²) >= 11 is 0. The zero-order valence-electron chi connectivity index (χ0n) is 15.4. The first-order chi connectivity index (χ1) is 13.3. The molecule has 0 unspecified atom stereocenters. The van der Waals surface area contributed by atoms with E-state index in [1.165, 1.54) is 0 Å². The van der Waals surface area contributed by atoms with Gasteiger partial charge in [0.2, 0.25) is 5.91 Å². The molecule has 0 bridgehead atoms. The van der Waals surface area contributed by atoms with Gasteiger partial charge in [-0.05, 0) is 19.2 Å². The van der Waals surface area contributed by atoms with Gasteiger partial charge in [0.05, 0.1) is 0 Å². The van der Waals surface area contributed by atoms with Crippen molar-refractivity contribution in [3.05, 3.63) is 42.1 Å². The van der Waals surface area contributed by atoms with E-state index in [1.807, 2.05) is 11.9 Å². The van der Waals surface area contributed by atoms with Crippen LogP contribution in [0.4, 0.5) is 5.69 Å². The van der Waals surface area contributed by atoms with Gasteiger partial charge in [-0.3, -0.25) is 14.5 Å². The molecule has 3 rings (SSSR count). The highest BCUT2D eigenvalue weighted by Gasteiger charge is 2.31. The summed E-state index contributed by atoms with van der Waals surface area (Å²) in [4.78, 5) is 41.4. The lowest BCUT2D eigenvalue weighted by Gasteiger charge is -2.36. The van der Waals surface area contributed by atoms with E-state index >= 15 is 0 Å². The quantitative estimate of drug-likeness (QED) is 0.548. The predicted molar refractivity (Wildman–Crippen MR) is 103 cm³/mol. The van der Waals surface area contributed by atoms with E-state index in [-0.39, 0.29) is 0 Å². The highest BCUT2D eigenvalue weighted by molar-refractivity contribution is 6.03. The number of carbonyl (C=O) groups excluding carboxylic acids is 1. The molecule has 0 saturated carbocycles. The fourth-order valence-corrected chi connectivity index (χ4v) is 3.35. The second-order valence-electron chi connectivity index (χ2n) is 6.75. The SMILES string of the molecule is CN1CCN([C@@H](C(=O)O)c2c[nH]c3cc(NC(=O)/C=C/C(=O)O)ccc23)CC1. The number of fused-ring (bicyclic) bond motifs is 1. The van der Waals surface area contributed by atoms with Gasteiger partial charge < -0.3 is 25.4 Å². The summed E-state index contributed by atoms with van der Waals surface area (Å²) in [6.07, 6.45) is 3.38. The van der Waals surface area contributed by atoms with Crippen LogP contribution in [-0.4, -0.2) is 76.1 Å². The van der Waals surface area contributed by atoms with Gasteiger partial charge in [0.1, 0.15) is 6.04 Å². The second-order valence-corrected chi connectivity index (χ2v) is 6.75. The number of aromatic amines is 1. The number of rotatable bonds is 6. The van der Waals surface area contributed by atoms with Crippen molar-refractivity contribution in [2.75, 3.05) is 38.5 Å². The summed E-state index contributed by atoms with van der Waals surface area (Å²) in [5, 5.41) is 21.7. The number of benzene rings is 1. The Kier molecular flexibility index (Phi) is 5.76. The number of carbonyl (C=O) groups is 3. The van der Waals surface area contributed by atoms with Crippen LogP contribution in [0.25, 0.3) is 10.9 Å². The molecule has 148 valence electrons. The molecule has 1 aromatic heterocycles. The minimum Gasteiger partial charge on any atom is -0.480 e. The van der Waals surface area contributed by atoms with E-state index in [1.54, 1.807) is 24.4 Å². The third-order valence-corrected chi connectivity index (χ3v) is 4.79. The van der Waals surface area contributed by atoms with Crippen LogP contribution >= 0.6 is 0 Å². The average Bonchev–Trinajstić information content (AvgIpc) is 3.04. The van der Waals surface area contributed by atoms with Gasteiger partial charge in [-0.1, -0.05) is 6.07 Å². The molecule has 1 aliphatic heterocycles. The van der Waals surface area contributed by atoms with Crippen molar-refractivity contribution in [3.63, 3.8) is 0 Å². The lowest BCUT2D eigenvalue weighted by molar-refractivity contribution is -0.144. The number of hydrogen-bond donors (Lipinski definition) is 4. The van der Waals surface area contributed by atoms with Gasteiger partial charge in [-0.15, -0.1) is 0 Å². The van der Waals surface area contributed by atoms with Crippen LogP contribution in [0.5, 0.6) is 0 Å². The molecule has 1 aromatic carbocycles. The Hall–Kier alpha value is -3.17. The summed E-state index contributed by atoms with van der Waals surface area (Å²) in [5.41, 5.74) is 1.85. The minimum atomic E-state index is -1.21. The van der Waals surface area contributed by atoms with Gasteiger partial charge in [-0.25, -0.2) is 4.79 Å². The maximum atomic E-state index is 12.0. The van der Waals surface area contributed by atoms with Gasteiger partial charge in [0.15, 0.2) is 0 Å². The molecule has 1 saturated heterocycles. The van der Waals surface area contributed by atoms with E-state index in [0.717, 1.165) is 30.6 Å². The molecule has 0 aliphatic carbocycles. The first kappa shape index (κ1) is 19.6. The van der Waals surface area contributed by atoms with Crippen molar-refractivity contribution in [2.45, 2.75) is 6.04 Å². The topological polar surface area (TPSA) is 126 Å². The third kappa shape index (κ3) is 4.38. The molecular formula is C19H22N4O5. The molecule has 0 spiro atoms. The van der Waals surface area contributed by atoms with Crippen LogP contribution in [0.15, 0.2) is 36.5 Å². The molecule has 2 heterocycles. The van der Waals surface area contributed by atoms with E-state index in [2.05, 4.69) is 15.2 Å². The lowest BCUT2D eigenvalue weighted by Crippen LogP contribution is -2.47. The van der Waals surface area contributed by atoms with Crippen molar-refractivity contribution in [3.8, 4) is 0 Å². The lowest BCUT2D eigenvalue weighted by atomic mass is 10.0. The summed E-state index contributed by atoms with van der Waals surface area (Å²) in [6, 6.07) is 4.36. The number of aromatic nitrogens is 1. The number of carboxylic acid groups (broad SMARTS) is 2. The maximum Gasteiger partial charge on any atom is 0.328 e. The second kappa shape index (κ2) is 8.24. The van der Waals surface area contributed by atoms with E-state index in [0.29, 0.717) is 29.9 Å². The number of nitrogens with one attached hydrogen (secondary N) is 2.